The predicted molar refractivity (Wildman–Crippen MR) is 105 cm³/mol. The number of aromatic amines is 1. The summed E-state index contributed by atoms with van der Waals surface area (Å²) in [7, 11) is -3.67. The second-order valence-corrected chi connectivity index (χ2v) is 8.83. The van der Waals surface area contributed by atoms with E-state index in [1.54, 1.807) is 43.3 Å². The third-order valence-electron chi connectivity index (χ3n) is 4.87. The van der Waals surface area contributed by atoms with Crippen LogP contribution in [0.1, 0.15) is 22.4 Å². The lowest BCUT2D eigenvalue weighted by Gasteiger charge is -2.17. The second-order valence-electron chi connectivity index (χ2n) is 6.92. The first kappa shape index (κ1) is 19.3. The fourth-order valence-corrected chi connectivity index (χ4v) is 4.93. The average Bonchev–Trinajstić information content (AvgIpc) is 3.26. The number of benzene rings is 2. The van der Waals surface area contributed by atoms with Crippen LogP contribution in [0.5, 0.6) is 0 Å². The molecular formula is C20H19FN4O3S. The van der Waals surface area contributed by atoms with Gasteiger partial charge in [-0.05, 0) is 36.2 Å². The van der Waals surface area contributed by atoms with Crippen LogP contribution >= 0.6 is 0 Å². The number of aryl methyl sites for hydroxylation is 1. The summed E-state index contributed by atoms with van der Waals surface area (Å²) in [5.41, 5.74) is 2.64. The van der Waals surface area contributed by atoms with Crippen molar-refractivity contribution in [1.29, 1.82) is 0 Å². The molecule has 0 aliphatic carbocycles. The van der Waals surface area contributed by atoms with Crippen LogP contribution in [0.25, 0.3) is 0 Å². The fraction of sp³-hybridized carbons (Fsp3) is 0.200. The minimum Gasteiger partial charge on any atom is -0.309 e. The normalized spacial score (nSPS) is 14.0. The quantitative estimate of drug-likeness (QED) is 0.671. The van der Waals surface area contributed by atoms with E-state index in [4.69, 9.17) is 0 Å². The van der Waals surface area contributed by atoms with Crippen LogP contribution < -0.4 is 5.32 Å². The number of nitrogens with one attached hydrogen (secondary N) is 2. The third-order valence-corrected chi connectivity index (χ3v) is 6.82. The second kappa shape index (κ2) is 7.41. The maximum absolute atomic E-state index is 13.0. The number of halogens is 1. The van der Waals surface area contributed by atoms with Gasteiger partial charge in [0.1, 0.15) is 5.82 Å². The Morgan fingerprint density at radius 1 is 1.17 bits per heavy atom. The number of rotatable bonds is 5. The van der Waals surface area contributed by atoms with E-state index in [1.165, 1.54) is 16.4 Å². The minimum absolute atomic E-state index is 0.0626. The zero-order chi connectivity index (χ0) is 20.6. The molecule has 29 heavy (non-hydrogen) atoms. The molecule has 0 radical (unpaired) electrons. The number of carbonyl (C=O) groups is 1. The fourth-order valence-electron chi connectivity index (χ4n) is 3.33. The lowest BCUT2D eigenvalue weighted by atomic mass is 10.1. The van der Waals surface area contributed by atoms with E-state index in [9.17, 15) is 17.6 Å². The summed E-state index contributed by atoms with van der Waals surface area (Å²) in [6.07, 6.45) is 0.0626. The number of fused-ring (bicyclic) bond motifs is 1. The average molecular weight is 414 g/mol. The molecule has 1 aliphatic rings. The van der Waals surface area contributed by atoms with Gasteiger partial charge in [0.25, 0.3) is 0 Å². The molecule has 3 aromatic rings. The highest BCUT2D eigenvalue weighted by molar-refractivity contribution is 7.89. The lowest BCUT2D eigenvalue weighted by Crippen LogP contribution is -2.27. The monoisotopic (exact) mass is 414 g/mol. The van der Waals surface area contributed by atoms with E-state index in [0.717, 1.165) is 0 Å². The van der Waals surface area contributed by atoms with Gasteiger partial charge in [0.05, 0.1) is 23.6 Å². The van der Waals surface area contributed by atoms with Gasteiger partial charge in [0.2, 0.25) is 15.9 Å². The molecule has 2 heterocycles. The molecule has 0 atom stereocenters. The number of anilines is 1. The molecule has 1 amide bonds. The Morgan fingerprint density at radius 3 is 2.62 bits per heavy atom. The predicted octanol–water partition coefficient (Wildman–Crippen LogP) is 2.74. The van der Waals surface area contributed by atoms with Crippen LogP contribution in [0.3, 0.4) is 0 Å². The molecule has 1 aromatic heterocycles. The van der Waals surface area contributed by atoms with Gasteiger partial charge in [0, 0.05) is 12.1 Å². The number of aromatic nitrogens is 2. The molecule has 2 aromatic carbocycles. The van der Waals surface area contributed by atoms with Gasteiger partial charge in [-0.1, -0.05) is 30.3 Å². The van der Waals surface area contributed by atoms with Gasteiger partial charge in [0.15, 0.2) is 5.82 Å². The smallest absolute Gasteiger partial charge is 0.243 e. The topological polar surface area (TPSA) is 95.2 Å². The van der Waals surface area contributed by atoms with Crippen molar-refractivity contribution in [3.8, 4) is 0 Å². The standard InChI is InChI=1S/C20H19FN4O3S/c1-13-4-2-3-5-18(13)29(27,28)25-11-16-17(12-25)23-24-20(16)22-19(26)10-14-6-8-15(21)9-7-14/h2-9H,10-12H2,1H3,(H2,22,23,24,26). The summed E-state index contributed by atoms with van der Waals surface area (Å²) in [5, 5.41) is 9.62. The van der Waals surface area contributed by atoms with Gasteiger partial charge in [-0.25, -0.2) is 12.8 Å². The number of H-pyrrole nitrogens is 1. The summed E-state index contributed by atoms with van der Waals surface area (Å²) in [6.45, 7) is 2.03. The van der Waals surface area contributed by atoms with Gasteiger partial charge in [-0.3, -0.25) is 9.89 Å². The Morgan fingerprint density at radius 2 is 1.90 bits per heavy atom. The van der Waals surface area contributed by atoms with Crippen molar-refractivity contribution < 1.29 is 17.6 Å². The van der Waals surface area contributed by atoms with Crippen LogP contribution in [0.15, 0.2) is 53.4 Å². The van der Waals surface area contributed by atoms with Crippen molar-refractivity contribution >= 4 is 21.7 Å². The third kappa shape index (κ3) is 3.79. The molecule has 0 unspecified atom stereocenters. The Kier molecular flexibility index (Phi) is 4.93. The molecule has 9 heteroatoms. The van der Waals surface area contributed by atoms with Gasteiger partial charge in [-0.15, -0.1) is 0 Å². The number of hydrogen-bond acceptors (Lipinski definition) is 4. The van der Waals surface area contributed by atoms with Crippen LogP contribution in [-0.2, 0) is 34.3 Å². The Balaban J connectivity index is 1.49. The number of nitrogens with zero attached hydrogens (tertiary/aromatic N) is 2. The van der Waals surface area contributed by atoms with E-state index in [1.807, 2.05) is 0 Å². The van der Waals surface area contributed by atoms with Crippen molar-refractivity contribution in [2.75, 3.05) is 5.32 Å². The summed E-state index contributed by atoms with van der Waals surface area (Å²) < 4.78 is 40.3. The van der Waals surface area contributed by atoms with E-state index < -0.39 is 10.0 Å². The minimum atomic E-state index is -3.67. The highest BCUT2D eigenvalue weighted by atomic mass is 32.2. The van der Waals surface area contributed by atoms with Crippen molar-refractivity contribution in [2.45, 2.75) is 31.3 Å². The zero-order valence-electron chi connectivity index (χ0n) is 15.6. The largest absolute Gasteiger partial charge is 0.309 e. The number of sulfonamides is 1. The highest BCUT2D eigenvalue weighted by Gasteiger charge is 2.34. The Bertz CT molecular complexity index is 1170. The highest BCUT2D eigenvalue weighted by Crippen LogP contribution is 2.32. The maximum atomic E-state index is 13.0. The van der Waals surface area contributed by atoms with Crippen molar-refractivity contribution in [3.05, 3.63) is 76.7 Å². The Labute approximate surface area is 167 Å². The zero-order valence-corrected chi connectivity index (χ0v) is 16.5. The van der Waals surface area contributed by atoms with E-state index in [0.29, 0.717) is 28.2 Å². The molecule has 0 fully saturated rings. The molecule has 0 saturated carbocycles. The summed E-state index contributed by atoms with van der Waals surface area (Å²) in [4.78, 5) is 12.6. The van der Waals surface area contributed by atoms with Crippen molar-refractivity contribution in [2.24, 2.45) is 0 Å². The molecule has 2 N–H and O–H groups in total. The van der Waals surface area contributed by atoms with Crippen molar-refractivity contribution in [3.63, 3.8) is 0 Å². The lowest BCUT2D eigenvalue weighted by molar-refractivity contribution is -0.115. The number of amides is 1. The maximum Gasteiger partial charge on any atom is 0.243 e. The molecule has 150 valence electrons. The Hall–Kier alpha value is -3.04. The summed E-state index contributed by atoms with van der Waals surface area (Å²) >= 11 is 0. The van der Waals surface area contributed by atoms with Crippen LogP contribution in [-0.4, -0.2) is 28.8 Å². The van der Waals surface area contributed by atoms with Crippen LogP contribution in [0.4, 0.5) is 10.2 Å². The molecule has 7 nitrogen and oxygen atoms in total. The van der Waals surface area contributed by atoms with Gasteiger partial charge in [-0.2, -0.15) is 9.40 Å². The molecular weight excluding hydrogens is 395 g/mol. The van der Waals surface area contributed by atoms with Crippen LogP contribution in [0, 0.1) is 12.7 Å². The van der Waals surface area contributed by atoms with Gasteiger partial charge < -0.3 is 5.32 Å². The molecule has 0 spiro atoms. The first-order chi connectivity index (χ1) is 13.8. The molecule has 1 aliphatic heterocycles. The van der Waals surface area contributed by atoms with E-state index in [2.05, 4.69) is 15.5 Å². The summed E-state index contributed by atoms with van der Waals surface area (Å²) in [6, 6.07) is 12.5. The summed E-state index contributed by atoms with van der Waals surface area (Å²) in [5.74, 6) is -0.366. The number of carbonyl (C=O) groups excluding carboxylic acids is 1. The first-order valence-corrected chi connectivity index (χ1v) is 10.4. The van der Waals surface area contributed by atoms with Crippen LogP contribution in [0.2, 0.25) is 0 Å². The SMILES string of the molecule is Cc1ccccc1S(=O)(=O)N1Cc2[nH]nc(NC(=O)Cc3ccc(F)cc3)c2C1. The van der Waals surface area contributed by atoms with Crippen molar-refractivity contribution in [1.82, 2.24) is 14.5 Å². The number of hydrogen-bond donors (Lipinski definition) is 2. The van der Waals surface area contributed by atoms with Gasteiger partial charge >= 0.3 is 0 Å². The first-order valence-electron chi connectivity index (χ1n) is 9.01. The molecule has 0 saturated heterocycles. The van der Waals surface area contributed by atoms with E-state index in [-0.39, 0.29) is 36.1 Å². The molecule has 4 rings (SSSR count). The molecule has 0 bridgehead atoms. The van der Waals surface area contributed by atoms with E-state index >= 15 is 0 Å².